The maximum Gasteiger partial charge on any atom is 0.251 e. The van der Waals surface area contributed by atoms with E-state index in [9.17, 15) is 9.59 Å². The van der Waals surface area contributed by atoms with Gasteiger partial charge in [0.1, 0.15) is 5.76 Å². The van der Waals surface area contributed by atoms with Crippen molar-refractivity contribution in [2.75, 3.05) is 4.90 Å². The third-order valence-electron chi connectivity index (χ3n) is 3.33. The van der Waals surface area contributed by atoms with Gasteiger partial charge < -0.3 is 4.42 Å². The van der Waals surface area contributed by atoms with Gasteiger partial charge in [0.15, 0.2) is 0 Å². The van der Waals surface area contributed by atoms with Crippen LogP contribution in [0.25, 0.3) is 0 Å². The summed E-state index contributed by atoms with van der Waals surface area (Å²) in [6, 6.07) is 9.68. The molecule has 1 aromatic heterocycles. The molecule has 0 spiro atoms. The molecule has 1 aliphatic heterocycles. The van der Waals surface area contributed by atoms with Crippen LogP contribution in [0.4, 0.5) is 5.69 Å². The van der Waals surface area contributed by atoms with E-state index in [0.29, 0.717) is 17.3 Å². The average Bonchev–Trinajstić information content (AvgIpc) is 3.07. The van der Waals surface area contributed by atoms with Crippen LogP contribution in [0.5, 0.6) is 0 Å². The molecule has 0 radical (unpaired) electrons. The van der Waals surface area contributed by atoms with E-state index in [4.69, 9.17) is 16.0 Å². The van der Waals surface area contributed by atoms with E-state index in [2.05, 4.69) is 5.32 Å². The molecular formula is C15H13ClN2O3. The number of amides is 2. The van der Waals surface area contributed by atoms with Gasteiger partial charge in [-0.15, -0.1) is 0 Å². The van der Waals surface area contributed by atoms with Gasteiger partial charge in [-0.1, -0.05) is 11.6 Å². The summed E-state index contributed by atoms with van der Waals surface area (Å²) in [5.41, 5.74) is 0.539. The SMILES string of the molecule is O=C1CC(NCc2ccco2)C(=O)N1c1ccc(Cl)cc1. The average molecular weight is 305 g/mol. The lowest BCUT2D eigenvalue weighted by molar-refractivity contribution is -0.121. The van der Waals surface area contributed by atoms with Crippen molar-refractivity contribution in [1.82, 2.24) is 5.32 Å². The number of anilines is 1. The number of carbonyl (C=O) groups is 2. The van der Waals surface area contributed by atoms with Gasteiger partial charge >= 0.3 is 0 Å². The monoisotopic (exact) mass is 304 g/mol. The van der Waals surface area contributed by atoms with Crippen molar-refractivity contribution in [3.05, 3.63) is 53.4 Å². The number of carbonyl (C=O) groups excluding carboxylic acids is 2. The van der Waals surface area contributed by atoms with Crippen LogP contribution in [0.15, 0.2) is 47.1 Å². The van der Waals surface area contributed by atoms with Crippen molar-refractivity contribution in [1.29, 1.82) is 0 Å². The smallest absolute Gasteiger partial charge is 0.251 e. The maximum absolute atomic E-state index is 12.3. The van der Waals surface area contributed by atoms with E-state index in [1.54, 1.807) is 36.6 Å². The summed E-state index contributed by atoms with van der Waals surface area (Å²) in [7, 11) is 0. The minimum absolute atomic E-state index is 0.141. The van der Waals surface area contributed by atoms with Crippen LogP contribution in [0.2, 0.25) is 5.02 Å². The summed E-state index contributed by atoms with van der Waals surface area (Å²) in [6.07, 6.45) is 1.71. The van der Waals surface area contributed by atoms with Gasteiger partial charge in [-0.3, -0.25) is 14.9 Å². The van der Waals surface area contributed by atoms with Crippen molar-refractivity contribution in [2.24, 2.45) is 0 Å². The second-order valence-electron chi connectivity index (χ2n) is 4.76. The maximum atomic E-state index is 12.3. The van der Waals surface area contributed by atoms with E-state index >= 15 is 0 Å². The highest BCUT2D eigenvalue weighted by Gasteiger charge is 2.39. The number of benzene rings is 1. The Labute approximate surface area is 126 Å². The van der Waals surface area contributed by atoms with Crippen LogP contribution in [-0.2, 0) is 16.1 Å². The minimum atomic E-state index is -0.529. The molecule has 108 valence electrons. The third-order valence-corrected chi connectivity index (χ3v) is 3.59. The molecule has 1 saturated heterocycles. The topological polar surface area (TPSA) is 62.6 Å². The van der Waals surface area contributed by atoms with Crippen molar-refractivity contribution in [2.45, 2.75) is 19.0 Å². The summed E-state index contributed by atoms with van der Waals surface area (Å²) in [5, 5.41) is 3.60. The Balaban J connectivity index is 1.71. The molecule has 6 heteroatoms. The molecule has 2 amide bonds. The minimum Gasteiger partial charge on any atom is -0.468 e. The highest BCUT2D eigenvalue weighted by Crippen LogP contribution is 2.24. The van der Waals surface area contributed by atoms with Crippen LogP contribution in [0, 0.1) is 0 Å². The number of nitrogens with zero attached hydrogens (tertiary/aromatic N) is 1. The lowest BCUT2D eigenvalue weighted by atomic mass is 10.2. The Morgan fingerprint density at radius 1 is 1.24 bits per heavy atom. The second-order valence-corrected chi connectivity index (χ2v) is 5.20. The zero-order valence-corrected chi connectivity index (χ0v) is 11.8. The standard InChI is InChI=1S/C15H13ClN2O3/c16-10-3-5-11(6-4-10)18-14(19)8-13(15(18)20)17-9-12-2-1-7-21-12/h1-7,13,17H,8-9H2. The molecule has 2 aromatic rings. The molecule has 1 aliphatic rings. The zero-order chi connectivity index (χ0) is 14.8. The van der Waals surface area contributed by atoms with Crippen LogP contribution in [0.1, 0.15) is 12.2 Å². The number of imide groups is 1. The third kappa shape index (κ3) is 2.84. The first kappa shape index (κ1) is 13.9. The zero-order valence-electron chi connectivity index (χ0n) is 11.1. The van der Waals surface area contributed by atoms with Crippen molar-refractivity contribution < 1.29 is 14.0 Å². The summed E-state index contributed by atoms with van der Waals surface area (Å²) in [5.74, 6) is 0.244. The Hall–Kier alpha value is -2.11. The molecule has 0 saturated carbocycles. The Bertz CT molecular complexity index is 652. The number of hydrogen-bond donors (Lipinski definition) is 1. The van der Waals surface area contributed by atoms with Gasteiger partial charge in [0.25, 0.3) is 5.91 Å². The van der Waals surface area contributed by atoms with Gasteiger partial charge in [0.05, 0.1) is 31.0 Å². The lowest BCUT2D eigenvalue weighted by Gasteiger charge is -2.15. The lowest BCUT2D eigenvalue weighted by Crippen LogP contribution is -2.38. The van der Waals surface area contributed by atoms with Gasteiger partial charge in [-0.05, 0) is 36.4 Å². The van der Waals surface area contributed by atoms with Crippen LogP contribution in [-0.4, -0.2) is 17.9 Å². The number of furan rings is 1. The molecule has 1 aromatic carbocycles. The Morgan fingerprint density at radius 3 is 2.67 bits per heavy atom. The highest BCUT2D eigenvalue weighted by atomic mass is 35.5. The summed E-state index contributed by atoms with van der Waals surface area (Å²) in [6.45, 7) is 0.408. The number of nitrogens with one attached hydrogen (secondary N) is 1. The van der Waals surface area contributed by atoms with Gasteiger partial charge in [-0.25, -0.2) is 4.90 Å². The molecule has 1 atom stereocenters. The number of halogens is 1. The summed E-state index contributed by atoms with van der Waals surface area (Å²) < 4.78 is 5.19. The Morgan fingerprint density at radius 2 is 2.00 bits per heavy atom. The van der Waals surface area contributed by atoms with Crippen LogP contribution in [0.3, 0.4) is 0 Å². The largest absolute Gasteiger partial charge is 0.468 e. The van der Waals surface area contributed by atoms with Gasteiger partial charge in [-0.2, -0.15) is 0 Å². The molecule has 3 rings (SSSR count). The first-order chi connectivity index (χ1) is 10.1. The summed E-state index contributed by atoms with van der Waals surface area (Å²) >= 11 is 5.82. The molecule has 1 unspecified atom stereocenters. The molecule has 1 fully saturated rings. The first-order valence-electron chi connectivity index (χ1n) is 6.53. The molecule has 0 bridgehead atoms. The predicted molar refractivity (Wildman–Crippen MR) is 77.9 cm³/mol. The van der Waals surface area contributed by atoms with E-state index in [0.717, 1.165) is 5.76 Å². The van der Waals surface area contributed by atoms with E-state index in [-0.39, 0.29) is 18.2 Å². The molecule has 21 heavy (non-hydrogen) atoms. The Kier molecular flexibility index (Phi) is 3.77. The quantitative estimate of drug-likeness (QED) is 0.881. The van der Waals surface area contributed by atoms with Crippen LogP contribution >= 0.6 is 11.6 Å². The molecular weight excluding hydrogens is 292 g/mol. The van der Waals surface area contributed by atoms with E-state index in [1.165, 1.54) is 4.90 Å². The van der Waals surface area contributed by atoms with E-state index in [1.807, 2.05) is 6.07 Å². The fourth-order valence-corrected chi connectivity index (χ4v) is 2.42. The molecule has 2 heterocycles. The first-order valence-corrected chi connectivity index (χ1v) is 6.91. The molecule has 5 nitrogen and oxygen atoms in total. The fourth-order valence-electron chi connectivity index (χ4n) is 2.29. The van der Waals surface area contributed by atoms with Gasteiger partial charge in [0, 0.05) is 5.02 Å². The van der Waals surface area contributed by atoms with Crippen LogP contribution < -0.4 is 10.2 Å². The predicted octanol–water partition coefficient (Wildman–Crippen LogP) is 2.35. The normalized spacial score (nSPS) is 18.5. The molecule has 1 N–H and O–H groups in total. The van der Waals surface area contributed by atoms with E-state index < -0.39 is 6.04 Å². The fraction of sp³-hybridized carbons (Fsp3) is 0.200. The number of rotatable bonds is 4. The summed E-state index contributed by atoms with van der Waals surface area (Å²) in [4.78, 5) is 25.6. The molecule has 0 aliphatic carbocycles. The van der Waals surface area contributed by atoms with Gasteiger partial charge in [0.2, 0.25) is 5.91 Å². The number of hydrogen-bond acceptors (Lipinski definition) is 4. The van der Waals surface area contributed by atoms with Crippen molar-refractivity contribution in [3.63, 3.8) is 0 Å². The highest BCUT2D eigenvalue weighted by molar-refractivity contribution is 6.30. The van der Waals surface area contributed by atoms with Crippen molar-refractivity contribution >= 4 is 29.1 Å². The second kappa shape index (κ2) is 5.71. The van der Waals surface area contributed by atoms with Crippen molar-refractivity contribution in [3.8, 4) is 0 Å².